The van der Waals surface area contributed by atoms with Crippen molar-refractivity contribution >= 4 is 17.3 Å². The Hall–Kier alpha value is -1.59. The molecule has 0 spiro atoms. The van der Waals surface area contributed by atoms with Crippen LogP contribution in [0, 0.1) is 0 Å². The molecule has 1 heterocycles. The van der Waals surface area contributed by atoms with Gasteiger partial charge in [-0.2, -0.15) is 0 Å². The van der Waals surface area contributed by atoms with Gasteiger partial charge in [0, 0.05) is 36.6 Å². The molecule has 0 fully saturated rings. The minimum Gasteiger partial charge on any atom is -0.383 e. The summed E-state index contributed by atoms with van der Waals surface area (Å²) in [6.07, 6.45) is 0. The second-order valence-corrected chi connectivity index (χ2v) is 5.53. The second-order valence-electron chi connectivity index (χ2n) is 5.53. The largest absolute Gasteiger partial charge is 0.383 e. The first-order chi connectivity index (χ1) is 10.1. The highest BCUT2D eigenvalue weighted by Crippen LogP contribution is 2.34. The van der Waals surface area contributed by atoms with Gasteiger partial charge in [0.25, 0.3) is 0 Å². The van der Waals surface area contributed by atoms with E-state index in [1.165, 1.54) is 0 Å². The fourth-order valence-corrected chi connectivity index (χ4v) is 2.71. The third-order valence-corrected chi connectivity index (χ3v) is 3.77. The van der Waals surface area contributed by atoms with Gasteiger partial charge in [0.15, 0.2) is 0 Å². The molecule has 0 aromatic heterocycles. The SMILES string of the molecule is CCNC1C(=O)Nc2cc(N(CCOC)C(C)C)ccc21. The van der Waals surface area contributed by atoms with Crippen LogP contribution < -0.4 is 15.5 Å². The van der Waals surface area contributed by atoms with Crippen molar-refractivity contribution in [1.82, 2.24) is 5.32 Å². The van der Waals surface area contributed by atoms with E-state index in [1.807, 2.05) is 13.0 Å². The third kappa shape index (κ3) is 3.36. The van der Waals surface area contributed by atoms with Crippen molar-refractivity contribution in [3.63, 3.8) is 0 Å². The molecule has 1 amide bonds. The van der Waals surface area contributed by atoms with Crippen LogP contribution in [0.4, 0.5) is 11.4 Å². The molecule has 2 N–H and O–H groups in total. The summed E-state index contributed by atoms with van der Waals surface area (Å²) in [7, 11) is 1.71. The zero-order valence-corrected chi connectivity index (χ0v) is 13.3. The molecule has 1 aliphatic heterocycles. The molecule has 2 rings (SSSR count). The highest BCUT2D eigenvalue weighted by molar-refractivity contribution is 6.03. The van der Waals surface area contributed by atoms with E-state index in [0.29, 0.717) is 12.6 Å². The number of carbonyl (C=O) groups excluding carboxylic acids is 1. The van der Waals surface area contributed by atoms with Gasteiger partial charge in [-0.05, 0) is 32.5 Å². The Balaban J connectivity index is 2.25. The number of anilines is 2. The third-order valence-electron chi connectivity index (χ3n) is 3.77. The van der Waals surface area contributed by atoms with Gasteiger partial charge in [-0.15, -0.1) is 0 Å². The van der Waals surface area contributed by atoms with E-state index in [0.717, 1.165) is 30.0 Å². The molecule has 0 bridgehead atoms. The van der Waals surface area contributed by atoms with Crippen LogP contribution >= 0.6 is 0 Å². The normalized spacial score (nSPS) is 17.0. The monoisotopic (exact) mass is 291 g/mol. The highest BCUT2D eigenvalue weighted by Gasteiger charge is 2.30. The van der Waals surface area contributed by atoms with Crippen molar-refractivity contribution < 1.29 is 9.53 Å². The Morgan fingerprint density at radius 3 is 2.81 bits per heavy atom. The Morgan fingerprint density at radius 2 is 2.19 bits per heavy atom. The molecule has 116 valence electrons. The summed E-state index contributed by atoms with van der Waals surface area (Å²) in [4.78, 5) is 14.3. The molecular weight excluding hydrogens is 266 g/mol. The number of nitrogens with zero attached hydrogens (tertiary/aromatic N) is 1. The average Bonchev–Trinajstić information content (AvgIpc) is 2.75. The van der Waals surface area contributed by atoms with E-state index in [4.69, 9.17) is 4.74 Å². The molecule has 1 aromatic rings. The number of methoxy groups -OCH3 is 1. The Morgan fingerprint density at radius 1 is 1.43 bits per heavy atom. The molecule has 0 radical (unpaired) electrons. The van der Waals surface area contributed by atoms with Gasteiger partial charge in [0.1, 0.15) is 6.04 Å². The van der Waals surface area contributed by atoms with E-state index in [2.05, 4.69) is 41.5 Å². The summed E-state index contributed by atoms with van der Waals surface area (Å²) in [5, 5.41) is 6.17. The van der Waals surface area contributed by atoms with Crippen LogP contribution in [0.1, 0.15) is 32.4 Å². The van der Waals surface area contributed by atoms with Crippen molar-refractivity contribution in [2.75, 3.05) is 37.0 Å². The first-order valence-electron chi connectivity index (χ1n) is 7.52. The predicted molar refractivity (Wildman–Crippen MR) is 85.8 cm³/mol. The summed E-state index contributed by atoms with van der Waals surface area (Å²) in [5.74, 6) is 0.0250. The number of nitrogens with one attached hydrogen (secondary N) is 2. The van der Waals surface area contributed by atoms with Crippen molar-refractivity contribution in [2.45, 2.75) is 32.9 Å². The van der Waals surface area contributed by atoms with Crippen LogP contribution in [-0.4, -0.2) is 38.8 Å². The van der Waals surface area contributed by atoms with Gasteiger partial charge in [0.05, 0.1) is 6.61 Å². The second kappa shape index (κ2) is 6.91. The van der Waals surface area contributed by atoms with Gasteiger partial charge >= 0.3 is 0 Å². The summed E-state index contributed by atoms with van der Waals surface area (Å²) in [6.45, 7) is 8.60. The lowest BCUT2D eigenvalue weighted by atomic mass is 10.1. The Kier molecular flexibility index (Phi) is 5.20. The lowest BCUT2D eigenvalue weighted by Gasteiger charge is -2.29. The molecule has 0 aliphatic carbocycles. The molecule has 5 nitrogen and oxygen atoms in total. The first-order valence-corrected chi connectivity index (χ1v) is 7.52. The van der Waals surface area contributed by atoms with Gasteiger partial charge in [-0.25, -0.2) is 0 Å². The number of ether oxygens (including phenoxy) is 1. The Labute approximate surface area is 126 Å². The van der Waals surface area contributed by atoms with Crippen molar-refractivity contribution in [1.29, 1.82) is 0 Å². The summed E-state index contributed by atoms with van der Waals surface area (Å²) < 4.78 is 5.18. The number of hydrogen-bond donors (Lipinski definition) is 2. The zero-order valence-electron chi connectivity index (χ0n) is 13.3. The summed E-state index contributed by atoms with van der Waals surface area (Å²) in [6, 6.07) is 6.32. The standard InChI is InChI=1S/C16H25N3O2/c1-5-17-15-13-7-6-12(10-14(13)18-16(15)20)19(11(2)3)8-9-21-4/h6-7,10-11,15,17H,5,8-9H2,1-4H3,(H,18,20). The Bertz CT molecular complexity index is 502. The van der Waals surface area contributed by atoms with E-state index < -0.39 is 0 Å². The highest BCUT2D eigenvalue weighted by atomic mass is 16.5. The molecule has 0 saturated carbocycles. The van der Waals surface area contributed by atoms with E-state index in [9.17, 15) is 4.79 Å². The van der Waals surface area contributed by atoms with Crippen LogP contribution in [0.2, 0.25) is 0 Å². The molecule has 1 aliphatic rings. The fourth-order valence-electron chi connectivity index (χ4n) is 2.71. The number of likely N-dealkylation sites (N-methyl/N-ethyl adjacent to an activating group) is 1. The van der Waals surface area contributed by atoms with Crippen molar-refractivity contribution in [3.05, 3.63) is 23.8 Å². The number of fused-ring (bicyclic) bond motifs is 1. The molecule has 5 heteroatoms. The molecule has 1 aromatic carbocycles. The smallest absolute Gasteiger partial charge is 0.246 e. The quantitative estimate of drug-likeness (QED) is 0.808. The predicted octanol–water partition coefficient (Wildman–Crippen LogP) is 2.15. The fraction of sp³-hybridized carbons (Fsp3) is 0.562. The lowest BCUT2D eigenvalue weighted by molar-refractivity contribution is -0.117. The van der Waals surface area contributed by atoms with Gasteiger partial charge in [0.2, 0.25) is 5.91 Å². The number of benzene rings is 1. The number of hydrogen-bond acceptors (Lipinski definition) is 4. The lowest BCUT2D eigenvalue weighted by Crippen LogP contribution is -2.33. The van der Waals surface area contributed by atoms with Gasteiger partial charge < -0.3 is 20.3 Å². The maximum absolute atomic E-state index is 12.0. The first kappa shape index (κ1) is 15.8. The molecule has 1 atom stereocenters. The summed E-state index contributed by atoms with van der Waals surface area (Å²) in [5.41, 5.74) is 3.05. The van der Waals surface area contributed by atoms with Crippen LogP contribution in [0.3, 0.4) is 0 Å². The molecule has 1 unspecified atom stereocenters. The minimum atomic E-state index is -0.231. The molecule has 0 saturated heterocycles. The van der Waals surface area contributed by atoms with Gasteiger partial charge in [-0.3, -0.25) is 4.79 Å². The van der Waals surface area contributed by atoms with E-state index in [1.54, 1.807) is 7.11 Å². The number of amides is 1. The van der Waals surface area contributed by atoms with E-state index in [-0.39, 0.29) is 11.9 Å². The van der Waals surface area contributed by atoms with E-state index >= 15 is 0 Å². The molecular formula is C16H25N3O2. The van der Waals surface area contributed by atoms with Crippen LogP contribution in [0.15, 0.2) is 18.2 Å². The van der Waals surface area contributed by atoms with Crippen LogP contribution in [0.5, 0.6) is 0 Å². The molecule has 21 heavy (non-hydrogen) atoms. The van der Waals surface area contributed by atoms with Gasteiger partial charge in [-0.1, -0.05) is 13.0 Å². The van der Waals surface area contributed by atoms with Crippen molar-refractivity contribution in [3.8, 4) is 0 Å². The topological polar surface area (TPSA) is 53.6 Å². The number of carbonyl (C=O) groups is 1. The van der Waals surface area contributed by atoms with Crippen LogP contribution in [0.25, 0.3) is 0 Å². The maximum Gasteiger partial charge on any atom is 0.246 e. The maximum atomic E-state index is 12.0. The minimum absolute atomic E-state index is 0.0250. The average molecular weight is 291 g/mol. The number of rotatable bonds is 7. The summed E-state index contributed by atoms with van der Waals surface area (Å²) >= 11 is 0. The zero-order chi connectivity index (χ0) is 15.4. The van der Waals surface area contributed by atoms with Crippen molar-refractivity contribution in [2.24, 2.45) is 0 Å². The van der Waals surface area contributed by atoms with Crippen LogP contribution in [-0.2, 0) is 9.53 Å².